The number of hydrogen-bond donors (Lipinski definition) is 0. The van der Waals surface area contributed by atoms with E-state index in [1.807, 2.05) is 41.7 Å². The summed E-state index contributed by atoms with van der Waals surface area (Å²) < 4.78 is 9.04. The zero-order chi connectivity index (χ0) is 36.3. The van der Waals surface area contributed by atoms with Crippen LogP contribution in [0.5, 0.6) is 0 Å². The predicted octanol–water partition coefficient (Wildman–Crippen LogP) is 15.0. The van der Waals surface area contributed by atoms with Crippen molar-refractivity contribution in [1.82, 2.24) is 4.98 Å². The standard InChI is InChI=1S/C51H32N2OS/c1-3-13-33(14-4-1)34-25-28-38(29-26-34)53(46-23-12-22-44-41-20-9-10-24-47(41)55-50(44)46)39-18-11-17-36(31-39)37-27-30-42-45(32-37)40-19-7-8-21-43(40)49-48(42)52-51(54-49)35-15-5-2-6-16-35/h1-32H. The van der Waals surface area contributed by atoms with Crippen molar-refractivity contribution in [2.75, 3.05) is 4.90 Å². The fourth-order valence-electron chi connectivity index (χ4n) is 8.05. The molecule has 0 amide bonds. The molecule has 55 heavy (non-hydrogen) atoms. The minimum atomic E-state index is 0.635. The van der Waals surface area contributed by atoms with Crippen LogP contribution in [0.3, 0.4) is 0 Å². The summed E-state index contributed by atoms with van der Waals surface area (Å²) in [6.07, 6.45) is 0. The number of rotatable bonds is 6. The van der Waals surface area contributed by atoms with Gasteiger partial charge in [-0.3, -0.25) is 0 Å². The van der Waals surface area contributed by atoms with Gasteiger partial charge in [-0.2, -0.15) is 0 Å². The van der Waals surface area contributed by atoms with E-state index in [9.17, 15) is 0 Å². The highest BCUT2D eigenvalue weighted by Crippen LogP contribution is 2.46. The smallest absolute Gasteiger partial charge is 0.227 e. The van der Waals surface area contributed by atoms with Crippen LogP contribution in [0.4, 0.5) is 17.1 Å². The fourth-order valence-corrected chi connectivity index (χ4v) is 9.26. The van der Waals surface area contributed by atoms with E-state index in [0.29, 0.717) is 5.89 Å². The highest BCUT2D eigenvalue weighted by Gasteiger charge is 2.20. The van der Waals surface area contributed by atoms with Crippen LogP contribution in [0.1, 0.15) is 0 Å². The lowest BCUT2D eigenvalue weighted by Crippen LogP contribution is -2.10. The molecule has 11 aromatic rings. The van der Waals surface area contributed by atoms with Crippen molar-refractivity contribution in [3.8, 4) is 33.7 Å². The molecule has 0 saturated carbocycles. The van der Waals surface area contributed by atoms with Gasteiger partial charge < -0.3 is 9.32 Å². The van der Waals surface area contributed by atoms with E-state index >= 15 is 0 Å². The van der Waals surface area contributed by atoms with Crippen molar-refractivity contribution >= 4 is 81.2 Å². The summed E-state index contributed by atoms with van der Waals surface area (Å²) in [5.74, 6) is 0.635. The molecule has 0 fully saturated rings. The molecule has 0 unspecified atom stereocenters. The molecule has 2 aromatic heterocycles. The first-order valence-corrected chi connectivity index (χ1v) is 19.4. The third kappa shape index (κ3) is 5.30. The van der Waals surface area contributed by atoms with E-state index in [1.165, 1.54) is 31.3 Å². The van der Waals surface area contributed by atoms with Crippen molar-refractivity contribution in [3.63, 3.8) is 0 Å². The molecule has 0 radical (unpaired) electrons. The summed E-state index contributed by atoms with van der Waals surface area (Å²) in [6, 6.07) is 69.3. The number of oxazole rings is 1. The van der Waals surface area contributed by atoms with Crippen molar-refractivity contribution in [2.24, 2.45) is 0 Å². The van der Waals surface area contributed by atoms with Crippen molar-refractivity contribution in [2.45, 2.75) is 0 Å². The van der Waals surface area contributed by atoms with Gasteiger partial charge in [0.1, 0.15) is 5.52 Å². The average Bonchev–Trinajstić information content (AvgIpc) is 3.89. The van der Waals surface area contributed by atoms with Gasteiger partial charge in [0.25, 0.3) is 0 Å². The van der Waals surface area contributed by atoms with Gasteiger partial charge in [0.05, 0.1) is 10.4 Å². The number of fused-ring (bicyclic) bond motifs is 9. The Hall–Kier alpha value is -7.01. The SMILES string of the molecule is c1ccc(-c2ccc(N(c3cccc(-c4ccc5c(c4)c4ccccc4c4oc(-c6ccccc6)nc54)c3)c3cccc4c3sc3ccccc34)cc2)cc1. The highest BCUT2D eigenvalue weighted by atomic mass is 32.1. The van der Waals surface area contributed by atoms with E-state index in [-0.39, 0.29) is 0 Å². The van der Waals surface area contributed by atoms with Crippen molar-refractivity contribution in [1.29, 1.82) is 0 Å². The Morgan fingerprint density at radius 3 is 1.84 bits per heavy atom. The second-order valence-electron chi connectivity index (χ2n) is 13.9. The van der Waals surface area contributed by atoms with Gasteiger partial charge >= 0.3 is 0 Å². The van der Waals surface area contributed by atoms with Gasteiger partial charge in [0.15, 0.2) is 5.58 Å². The van der Waals surface area contributed by atoms with Gasteiger partial charge in [-0.15, -0.1) is 11.3 Å². The molecule has 0 saturated heterocycles. The maximum absolute atomic E-state index is 6.48. The number of anilines is 3. The Labute approximate surface area is 322 Å². The van der Waals surface area contributed by atoms with Crippen LogP contribution in [0.2, 0.25) is 0 Å². The lowest BCUT2D eigenvalue weighted by Gasteiger charge is -2.27. The Kier molecular flexibility index (Phi) is 7.35. The van der Waals surface area contributed by atoms with Crippen LogP contribution in [-0.4, -0.2) is 4.98 Å². The molecule has 0 atom stereocenters. The number of hydrogen-bond acceptors (Lipinski definition) is 4. The van der Waals surface area contributed by atoms with Crippen LogP contribution in [0.15, 0.2) is 199 Å². The average molecular weight is 721 g/mol. The second kappa shape index (κ2) is 12.8. The molecule has 3 nitrogen and oxygen atoms in total. The first kappa shape index (κ1) is 31.5. The molecule has 0 N–H and O–H groups in total. The Balaban J connectivity index is 1.08. The number of thiophene rings is 1. The minimum absolute atomic E-state index is 0.635. The molecule has 0 aliphatic heterocycles. The lowest BCUT2D eigenvalue weighted by atomic mass is 9.96. The lowest BCUT2D eigenvalue weighted by molar-refractivity contribution is 0.623. The maximum atomic E-state index is 6.48. The molecular weight excluding hydrogens is 689 g/mol. The van der Waals surface area contributed by atoms with E-state index < -0.39 is 0 Å². The first-order chi connectivity index (χ1) is 27.3. The summed E-state index contributed by atoms with van der Waals surface area (Å²) in [7, 11) is 0. The van der Waals surface area contributed by atoms with Crippen molar-refractivity contribution < 1.29 is 4.42 Å². The van der Waals surface area contributed by atoms with Gasteiger partial charge in [-0.25, -0.2) is 4.98 Å². The Morgan fingerprint density at radius 1 is 0.400 bits per heavy atom. The third-order valence-electron chi connectivity index (χ3n) is 10.7. The molecule has 0 bridgehead atoms. The molecular formula is C51H32N2OS. The summed E-state index contributed by atoms with van der Waals surface area (Å²) in [4.78, 5) is 7.47. The van der Waals surface area contributed by atoms with Crippen LogP contribution < -0.4 is 4.90 Å². The van der Waals surface area contributed by atoms with Crippen LogP contribution >= 0.6 is 11.3 Å². The Morgan fingerprint density at radius 2 is 1.02 bits per heavy atom. The molecule has 0 aliphatic carbocycles. The number of benzene rings is 9. The number of nitrogens with zero attached hydrogens (tertiary/aromatic N) is 2. The van der Waals surface area contributed by atoms with Gasteiger partial charge in [-0.05, 0) is 87.6 Å². The molecule has 11 rings (SSSR count). The van der Waals surface area contributed by atoms with E-state index in [2.05, 4.69) is 169 Å². The monoisotopic (exact) mass is 720 g/mol. The first-order valence-electron chi connectivity index (χ1n) is 18.5. The zero-order valence-corrected chi connectivity index (χ0v) is 30.5. The van der Waals surface area contributed by atoms with Gasteiger partial charge in [0, 0.05) is 43.2 Å². The van der Waals surface area contributed by atoms with Crippen LogP contribution in [0, 0.1) is 0 Å². The predicted molar refractivity (Wildman–Crippen MR) is 233 cm³/mol. The van der Waals surface area contributed by atoms with Crippen LogP contribution in [0.25, 0.3) is 86.5 Å². The van der Waals surface area contributed by atoms with Crippen LogP contribution in [-0.2, 0) is 0 Å². The molecule has 0 aliphatic rings. The van der Waals surface area contributed by atoms with E-state index in [1.54, 1.807) is 0 Å². The Bertz CT molecular complexity index is 3200. The molecule has 9 aromatic carbocycles. The highest BCUT2D eigenvalue weighted by molar-refractivity contribution is 7.26. The third-order valence-corrected chi connectivity index (χ3v) is 11.9. The molecule has 4 heteroatoms. The minimum Gasteiger partial charge on any atom is -0.435 e. The maximum Gasteiger partial charge on any atom is 0.227 e. The molecule has 2 heterocycles. The summed E-state index contributed by atoms with van der Waals surface area (Å²) in [5, 5.41) is 7.01. The fraction of sp³-hybridized carbons (Fsp3) is 0. The second-order valence-corrected chi connectivity index (χ2v) is 15.0. The van der Waals surface area contributed by atoms with E-state index in [4.69, 9.17) is 9.40 Å². The summed E-state index contributed by atoms with van der Waals surface area (Å²) in [6.45, 7) is 0. The normalized spacial score (nSPS) is 11.6. The zero-order valence-electron chi connectivity index (χ0n) is 29.7. The molecule has 0 spiro atoms. The van der Waals surface area contributed by atoms with Gasteiger partial charge in [0.2, 0.25) is 5.89 Å². The summed E-state index contributed by atoms with van der Waals surface area (Å²) in [5.41, 5.74) is 10.7. The topological polar surface area (TPSA) is 29.3 Å². The summed E-state index contributed by atoms with van der Waals surface area (Å²) >= 11 is 1.85. The van der Waals surface area contributed by atoms with Crippen molar-refractivity contribution in [3.05, 3.63) is 194 Å². The number of aromatic nitrogens is 1. The largest absolute Gasteiger partial charge is 0.435 e. The van der Waals surface area contributed by atoms with Gasteiger partial charge in [-0.1, -0.05) is 140 Å². The quantitative estimate of drug-likeness (QED) is 0.160. The molecule has 258 valence electrons. The van der Waals surface area contributed by atoms with E-state index in [0.717, 1.165) is 66.4 Å².